The van der Waals surface area contributed by atoms with Crippen LogP contribution in [0, 0.1) is 0 Å². The van der Waals surface area contributed by atoms with Gasteiger partial charge in [0.1, 0.15) is 11.6 Å². The Balaban J connectivity index is 1.78. The van der Waals surface area contributed by atoms with Gasteiger partial charge in [-0.05, 0) is 17.7 Å². The summed E-state index contributed by atoms with van der Waals surface area (Å²) < 4.78 is 11.6. The zero-order valence-electron chi connectivity index (χ0n) is 10.3. The maximum absolute atomic E-state index is 5.64. The molecule has 1 aromatic heterocycles. The van der Waals surface area contributed by atoms with Crippen molar-refractivity contribution < 1.29 is 9.47 Å². The summed E-state index contributed by atoms with van der Waals surface area (Å²) in [7, 11) is 0. The summed E-state index contributed by atoms with van der Waals surface area (Å²) in [5.74, 6) is 2.89. The Morgan fingerprint density at radius 2 is 1.75 bits per heavy atom. The van der Waals surface area contributed by atoms with Gasteiger partial charge in [0.25, 0.3) is 0 Å². The van der Waals surface area contributed by atoms with E-state index in [0.717, 1.165) is 21.5 Å². The van der Waals surface area contributed by atoms with Crippen LogP contribution in [0.5, 0.6) is 11.5 Å². The third-order valence-corrected chi connectivity index (χ3v) is 4.28. The van der Waals surface area contributed by atoms with Gasteiger partial charge in [-0.15, -0.1) is 0 Å². The van der Waals surface area contributed by atoms with Crippen molar-refractivity contribution in [3.8, 4) is 11.5 Å². The highest BCUT2D eigenvalue weighted by atomic mass is 79.9. The number of nitrogens with zero attached hydrogens (tertiary/aromatic N) is 2. The first kappa shape index (κ1) is 13.3. The molecule has 0 amide bonds. The summed E-state index contributed by atoms with van der Waals surface area (Å²) in [5, 5.41) is 0.548. The molecule has 1 aliphatic heterocycles. The summed E-state index contributed by atoms with van der Waals surface area (Å²) in [6, 6.07) is 5.36. The van der Waals surface area contributed by atoms with Crippen LogP contribution in [0.15, 0.2) is 27.8 Å². The van der Waals surface area contributed by atoms with Gasteiger partial charge in [0.05, 0.1) is 0 Å². The van der Waals surface area contributed by atoms with Crippen LogP contribution in [0.4, 0.5) is 11.6 Å². The molecular formula is C12H11BrN4O2S. The van der Waals surface area contributed by atoms with Crippen molar-refractivity contribution >= 4 is 39.3 Å². The lowest BCUT2D eigenvalue weighted by molar-refractivity contribution is 0.174. The van der Waals surface area contributed by atoms with Gasteiger partial charge >= 0.3 is 0 Å². The Morgan fingerprint density at radius 3 is 2.45 bits per heavy atom. The van der Waals surface area contributed by atoms with Crippen molar-refractivity contribution in [1.29, 1.82) is 0 Å². The standard InChI is InChI=1S/C12H11BrN4O2S/c13-7-2-9-8(18-5-19-9)1-6(7)4-20-12-16-10(14)3-11(15)17-12/h1-3H,4-5H2,(H4,14,15,16,17). The van der Waals surface area contributed by atoms with Crippen LogP contribution in [0.1, 0.15) is 5.56 Å². The van der Waals surface area contributed by atoms with Crippen LogP contribution in [0.25, 0.3) is 0 Å². The minimum atomic E-state index is 0.257. The molecule has 3 rings (SSSR count). The monoisotopic (exact) mass is 354 g/mol. The van der Waals surface area contributed by atoms with Crippen LogP contribution in [0.3, 0.4) is 0 Å². The Kier molecular flexibility index (Phi) is 3.58. The molecule has 0 atom stereocenters. The topological polar surface area (TPSA) is 96.3 Å². The van der Waals surface area contributed by atoms with Crippen molar-refractivity contribution in [2.75, 3.05) is 18.3 Å². The molecule has 8 heteroatoms. The molecule has 0 fully saturated rings. The summed E-state index contributed by atoms with van der Waals surface area (Å²) >= 11 is 4.97. The SMILES string of the molecule is Nc1cc(N)nc(SCc2cc3c(cc2Br)OCO3)n1. The van der Waals surface area contributed by atoms with Crippen molar-refractivity contribution in [3.05, 3.63) is 28.2 Å². The van der Waals surface area contributed by atoms with E-state index in [1.54, 1.807) is 0 Å². The number of ether oxygens (including phenoxy) is 2. The number of fused-ring (bicyclic) bond motifs is 1. The second-order valence-electron chi connectivity index (χ2n) is 4.09. The van der Waals surface area contributed by atoms with E-state index in [1.807, 2.05) is 12.1 Å². The maximum Gasteiger partial charge on any atom is 0.231 e. The second kappa shape index (κ2) is 5.37. The van der Waals surface area contributed by atoms with Crippen LogP contribution in [0.2, 0.25) is 0 Å². The van der Waals surface area contributed by atoms with Gasteiger partial charge in [0, 0.05) is 16.3 Å². The zero-order valence-corrected chi connectivity index (χ0v) is 12.7. The molecule has 1 aromatic carbocycles. The van der Waals surface area contributed by atoms with Gasteiger partial charge < -0.3 is 20.9 Å². The fraction of sp³-hybridized carbons (Fsp3) is 0.167. The normalized spacial score (nSPS) is 12.7. The summed E-state index contributed by atoms with van der Waals surface area (Å²) in [6.45, 7) is 0.257. The van der Waals surface area contributed by atoms with E-state index in [2.05, 4.69) is 25.9 Å². The average molecular weight is 355 g/mol. The van der Waals surface area contributed by atoms with Crippen LogP contribution in [-0.2, 0) is 5.75 Å². The summed E-state index contributed by atoms with van der Waals surface area (Å²) in [6.07, 6.45) is 0. The van der Waals surface area contributed by atoms with E-state index < -0.39 is 0 Å². The number of aromatic nitrogens is 2. The zero-order chi connectivity index (χ0) is 14.1. The molecule has 6 nitrogen and oxygen atoms in total. The number of rotatable bonds is 3. The Bertz CT molecular complexity index is 648. The first-order valence-electron chi connectivity index (χ1n) is 5.72. The number of thioether (sulfide) groups is 1. The van der Waals surface area contributed by atoms with Crippen LogP contribution < -0.4 is 20.9 Å². The lowest BCUT2D eigenvalue weighted by Gasteiger charge is -2.06. The molecule has 4 N–H and O–H groups in total. The molecule has 2 aromatic rings. The molecule has 0 unspecified atom stereocenters. The van der Waals surface area contributed by atoms with Gasteiger partial charge in [-0.2, -0.15) is 0 Å². The third-order valence-electron chi connectivity index (χ3n) is 2.64. The molecule has 0 aliphatic carbocycles. The highest BCUT2D eigenvalue weighted by Gasteiger charge is 2.16. The van der Waals surface area contributed by atoms with Crippen molar-refractivity contribution in [2.24, 2.45) is 0 Å². The highest BCUT2D eigenvalue weighted by molar-refractivity contribution is 9.10. The Hall–Kier alpha value is -1.67. The average Bonchev–Trinajstić information content (AvgIpc) is 2.81. The molecule has 2 heterocycles. The lowest BCUT2D eigenvalue weighted by Crippen LogP contribution is -1.99. The van der Waals surface area contributed by atoms with Gasteiger partial charge in [-0.25, -0.2) is 9.97 Å². The number of benzene rings is 1. The van der Waals surface area contributed by atoms with Gasteiger partial charge in [0.15, 0.2) is 16.7 Å². The molecule has 0 saturated carbocycles. The number of hydrogen-bond donors (Lipinski definition) is 2. The van der Waals surface area contributed by atoms with E-state index in [0.29, 0.717) is 22.5 Å². The first-order valence-corrected chi connectivity index (χ1v) is 7.50. The molecule has 1 aliphatic rings. The molecule has 0 saturated heterocycles. The molecular weight excluding hydrogens is 344 g/mol. The molecule has 104 valence electrons. The number of hydrogen-bond acceptors (Lipinski definition) is 7. The fourth-order valence-corrected chi connectivity index (χ4v) is 3.25. The minimum Gasteiger partial charge on any atom is -0.454 e. The number of nitrogen functional groups attached to an aromatic ring is 2. The van der Waals surface area contributed by atoms with Gasteiger partial charge in [-0.1, -0.05) is 27.7 Å². The fourth-order valence-electron chi connectivity index (χ4n) is 1.74. The predicted molar refractivity (Wildman–Crippen MR) is 80.7 cm³/mol. The molecule has 0 spiro atoms. The largest absolute Gasteiger partial charge is 0.454 e. The number of anilines is 2. The van der Waals surface area contributed by atoms with Gasteiger partial charge in [-0.3, -0.25) is 0 Å². The Morgan fingerprint density at radius 1 is 1.10 bits per heavy atom. The summed E-state index contributed by atoms with van der Waals surface area (Å²) in [4.78, 5) is 8.26. The number of nitrogens with two attached hydrogens (primary N) is 2. The quantitative estimate of drug-likeness (QED) is 0.645. The van der Waals surface area contributed by atoms with Crippen LogP contribution in [-0.4, -0.2) is 16.8 Å². The van der Waals surface area contributed by atoms with E-state index in [1.165, 1.54) is 17.8 Å². The summed E-state index contributed by atoms with van der Waals surface area (Å²) in [5.41, 5.74) is 12.3. The van der Waals surface area contributed by atoms with Crippen molar-refractivity contribution in [1.82, 2.24) is 9.97 Å². The molecule has 0 radical (unpaired) electrons. The van der Waals surface area contributed by atoms with E-state index in [4.69, 9.17) is 20.9 Å². The highest BCUT2D eigenvalue weighted by Crippen LogP contribution is 2.38. The lowest BCUT2D eigenvalue weighted by atomic mass is 10.2. The molecule has 20 heavy (non-hydrogen) atoms. The smallest absolute Gasteiger partial charge is 0.231 e. The predicted octanol–water partition coefficient (Wildman–Crippen LogP) is 2.42. The number of halogens is 1. The van der Waals surface area contributed by atoms with E-state index >= 15 is 0 Å². The maximum atomic E-state index is 5.64. The van der Waals surface area contributed by atoms with Gasteiger partial charge in [0.2, 0.25) is 6.79 Å². The van der Waals surface area contributed by atoms with E-state index in [-0.39, 0.29) is 6.79 Å². The van der Waals surface area contributed by atoms with Crippen LogP contribution >= 0.6 is 27.7 Å². The first-order chi connectivity index (χ1) is 9.61. The second-order valence-corrected chi connectivity index (χ2v) is 5.88. The Labute approximate surface area is 128 Å². The minimum absolute atomic E-state index is 0.257. The molecule has 0 bridgehead atoms. The van der Waals surface area contributed by atoms with E-state index in [9.17, 15) is 0 Å². The third kappa shape index (κ3) is 2.75. The van der Waals surface area contributed by atoms with Crippen molar-refractivity contribution in [3.63, 3.8) is 0 Å². The van der Waals surface area contributed by atoms with Crippen molar-refractivity contribution in [2.45, 2.75) is 10.9 Å².